The van der Waals surface area contributed by atoms with Crippen molar-refractivity contribution in [3.05, 3.63) is 23.2 Å². The van der Waals surface area contributed by atoms with Crippen LogP contribution in [0.25, 0.3) is 0 Å². The first-order valence-corrected chi connectivity index (χ1v) is 8.00. The quantitative estimate of drug-likeness (QED) is 0.904. The number of carboxylic acid groups (broad SMARTS) is 1. The number of carbonyl (C=O) groups excluding carboxylic acids is 1. The van der Waals surface area contributed by atoms with Crippen LogP contribution in [0.1, 0.15) is 60.9 Å². The summed E-state index contributed by atoms with van der Waals surface area (Å²) in [7, 11) is 1.76. The number of amides is 1. The minimum absolute atomic E-state index is 0.0998. The highest BCUT2D eigenvalue weighted by Gasteiger charge is 2.28. The second kappa shape index (κ2) is 6.99. The summed E-state index contributed by atoms with van der Waals surface area (Å²) >= 11 is 0. The molecule has 1 fully saturated rings. The van der Waals surface area contributed by atoms with Crippen LogP contribution in [0.3, 0.4) is 0 Å². The normalized spacial score (nSPS) is 21.6. The summed E-state index contributed by atoms with van der Waals surface area (Å²) in [5.74, 6) is 0.905. The highest BCUT2D eigenvalue weighted by Crippen LogP contribution is 2.31. The van der Waals surface area contributed by atoms with E-state index in [1.807, 2.05) is 0 Å². The molecule has 0 radical (unpaired) electrons. The van der Waals surface area contributed by atoms with E-state index in [0.29, 0.717) is 18.1 Å². The van der Waals surface area contributed by atoms with Crippen molar-refractivity contribution in [2.75, 3.05) is 7.05 Å². The van der Waals surface area contributed by atoms with Crippen molar-refractivity contribution in [1.82, 2.24) is 4.90 Å². The molecule has 1 N–H and O–H groups in total. The number of hydrogen-bond donors (Lipinski definition) is 1. The smallest absolute Gasteiger partial charge is 0.339 e. The third-order valence-electron chi connectivity index (χ3n) is 4.74. The topological polar surface area (TPSA) is 70.8 Å². The Morgan fingerprint density at radius 1 is 1.32 bits per heavy atom. The first kappa shape index (κ1) is 16.6. The SMILES string of the molecule is CCC1CCC(C(=O)N(C)Cc2cc(C(=O)O)c(C)o2)CC1. The molecule has 1 aliphatic carbocycles. The standard InChI is InChI=1S/C17H25NO4/c1-4-12-5-7-13(8-6-12)16(19)18(3)10-14-9-15(17(20)21)11(2)22-14/h9,12-13H,4-8,10H2,1-3H3,(H,20,21). The number of furan rings is 1. The van der Waals surface area contributed by atoms with E-state index in [2.05, 4.69) is 6.92 Å². The molecule has 0 saturated heterocycles. The Morgan fingerprint density at radius 2 is 1.95 bits per heavy atom. The van der Waals surface area contributed by atoms with E-state index in [9.17, 15) is 9.59 Å². The summed E-state index contributed by atoms with van der Waals surface area (Å²) in [6.07, 6.45) is 5.37. The molecule has 5 heteroatoms. The van der Waals surface area contributed by atoms with Crippen LogP contribution in [0.2, 0.25) is 0 Å². The largest absolute Gasteiger partial charge is 0.478 e. The van der Waals surface area contributed by atoms with Crippen LogP contribution in [-0.4, -0.2) is 28.9 Å². The fourth-order valence-electron chi connectivity index (χ4n) is 3.27. The highest BCUT2D eigenvalue weighted by molar-refractivity contribution is 5.88. The van der Waals surface area contributed by atoms with Gasteiger partial charge in [-0.25, -0.2) is 4.79 Å². The molecule has 1 saturated carbocycles. The Bertz CT molecular complexity index is 541. The minimum atomic E-state index is -1.00. The first-order valence-electron chi connectivity index (χ1n) is 8.00. The molecule has 5 nitrogen and oxygen atoms in total. The molecular formula is C17H25NO4. The summed E-state index contributed by atoms with van der Waals surface area (Å²) in [5.41, 5.74) is 0.166. The summed E-state index contributed by atoms with van der Waals surface area (Å²) in [5, 5.41) is 9.03. The maximum absolute atomic E-state index is 12.5. The fraction of sp³-hybridized carbons (Fsp3) is 0.647. The van der Waals surface area contributed by atoms with E-state index in [4.69, 9.17) is 9.52 Å². The predicted molar refractivity (Wildman–Crippen MR) is 82.6 cm³/mol. The zero-order valence-corrected chi connectivity index (χ0v) is 13.6. The summed E-state index contributed by atoms with van der Waals surface area (Å²) in [6.45, 7) is 4.15. The van der Waals surface area contributed by atoms with E-state index in [-0.39, 0.29) is 17.4 Å². The third kappa shape index (κ3) is 3.70. The molecule has 1 aromatic rings. The Morgan fingerprint density at radius 3 is 2.45 bits per heavy atom. The van der Waals surface area contributed by atoms with Gasteiger partial charge in [0.1, 0.15) is 17.1 Å². The molecule has 0 unspecified atom stereocenters. The molecule has 1 amide bonds. The number of rotatable bonds is 5. The lowest BCUT2D eigenvalue weighted by atomic mass is 9.80. The maximum atomic E-state index is 12.5. The van der Waals surface area contributed by atoms with Crippen molar-refractivity contribution < 1.29 is 19.1 Å². The van der Waals surface area contributed by atoms with Gasteiger partial charge in [-0.05, 0) is 44.6 Å². The van der Waals surface area contributed by atoms with Crippen LogP contribution in [0.15, 0.2) is 10.5 Å². The molecule has 2 rings (SSSR count). The maximum Gasteiger partial charge on any atom is 0.339 e. The van der Waals surface area contributed by atoms with Crippen LogP contribution < -0.4 is 0 Å². The van der Waals surface area contributed by atoms with Crippen molar-refractivity contribution >= 4 is 11.9 Å². The summed E-state index contributed by atoms with van der Waals surface area (Å²) < 4.78 is 5.44. The molecule has 1 aromatic heterocycles. The molecule has 22 heavy (non-hydrogen) atoms. The Balaban J connectivity index is 1.94. The molecule has 1 aliphatic rings. The van der Waals surface area contributed by atoms with Gasteiger partial charge in [0.15, 0.2) is 0 Å². The first-order chi connectivity index (χ1) is 10.4. The van der Waals surface area contributed by atoms with Crippen molar-refractivity contribution in [2.24, 2.45) is 11.8 Å². The second-order valence-electron chi connectivity index (χ2n) is 6.31. The molecule has 0 aliphatic heterocycles. The molecule has 1 heterocycles. The number of nitrogens with zero attached hydrogens (tertiary/aromatic N) is 1. The second-order valence-corrected chi connectivity index (χ2v) is 6.31. The summed E-state index contributed by atoms with van der Waals surface area (Å²) in [4.78, 5) is 25.2. The lowest BCUT2D eigenvalue weighted by Crippen LogP contribution is -2.34. The molecule has 0 bridgehead atoms. The van der Waals surface area contributed by atoms with Gasteiger partial charge >= 0.3 is 5.97 Å². The predicted octanol–water partition coefficient (Wildman–Crippen LogP) is 3.46. The monoisotopic (exact) mass is 307 g/mol. The highest BCUT2D eigenvalue weighted by atomic mass is 16.4. The number of carboxylic acids is 1. The van der Waals surface area contributed by atoms with Gasteiger partial charge < -0.3 is 14.4 Å². The molecule has 122 valence electrons. The average molecular weight is 307 g/mol. The Labute approximate surface area is 131 Å². The fourth-order valence-corrected chi connectivity index (χ4v) is 3.27. The number of aromatic carboxylic acids is 1. The number of hydrogen-bond acceptors (Lipinski definition) is 3. The third-order valence-corrected chi connectivity index (χ3v) is 4.74. The zero-order chi connectivity index (χ0) is 16.3. The Kier molecular flexibility index (Phi) is 5.27. The van der Waals surface area contributed by atoms with E-state index in [1.165, 1.54) is 12.5 Å². The van der Waals surface area contributed by atoms with Crippen molar-refractivity contribution in [1.29, 1.82) is 0 Å². The van der Waals surface area contributed by atoms with Gasteiger partial charge in [0.05, 0.1) is 6.54 Å². The van der Waals surface area contributed by atoms with Gasteiger partial charge in [-0.3, -0.25) is 4.79 Å². The van der Waals surface area contributed by atoms with E-state index in [1.54, 1.807) is 18.9 Å². The van der Waals surface area contributed by atoms with Gasteiger partial charge in [0.2, 0.25) is 5.91 Å². The van der Waals surface area contributed by atoms with Gasteiger partial charge in [0, 0.05) is 13.0 Å². The van der Waals surface area contributed by atoms with Crippen LogP contribution in [-0.2, 0) is 11.3 Å². The van der Waals surface area contributed by atoms with Crippen molar-refractivity contribution in [3.8, 4) is 0 Å². The van der Waals surface area contributed by atoms with E-state index >= 15 is 0 Å². The zero-order valence-electron chi connectivity index (χ0n) is 13.6. The minimum Gasteiger partial charge on any atom is -0.478 e. The van der Waals surface area contributed by atoms with Crippen LogP contribution >= 0.6 is 0 Å². The lowest BCUT2D eigenvalue weighted by molar-refractivity contribution is -0.136. The lowest BCUT2D eigenvalue weighted by Gasteiger charge is -2.29. The number of aryl methyl sites for hydroxylation is 1. The number of carbonyl (C=O) groups is 2. The van der Waals surface area contributed by atoms with Gasteiger partial charge in [-0.2, -0.15) is 0 Å². The molecule has 0 aromatic carbocycles. The van der Waals surface area contributed by atoms with E-state index < -0.39 is 5.97 Å². The van der Waals surface area contributed by atoms with E-state index in [0.717, 1.165) is 31.6 Å². The Hall–Kier alpha value is -1.78. The van der Waals surface area contributed by atoms with Crippen LogP contribution in [0.5, 0.6) is 0 Å². The van der Waals surface area contributed by atoms with Crippen molar-refractivity contribution in [2.45, 2.75) is 52.5 Å². The molecule has 0 spiro atoms. The van der Waals surface area contributed by atoms with Gasteiger partial charge in [0.25, 0.3) is 0 Å². The molecule has 0 atom stereocenters. The van der Waals surface area contributed by atoms with Gasteiger partial charge in [-0.1, -0.05) is 13.3 Å². The van der Waals surface area contributed by atoms with Crippen LogP contribution in [0, 0.1) is 18.8 Å². The average Bonchev–Trinajstić information content (AvgIpc) is 2.87. The summed E-state index contributed by atoms with van der Waals surface area (Å²) in [6, 6.07) is 1.51. The van der Waals surface area contributed by atoms with Crippen LogP contribution in [0.4, 0.5) is 0 Å². The van der Waals surface area contributed by atoms with Gasteiger partial charge in [-0.15, -0.1) is 0 Å². The van der Waals surface area contributed by atoms with Crippen molar-refractivity contribution in [3.63, 3.8) is 0 Å². The molecular weight excluding hydrogens is 282 g/mol.